The molecule has 4 rings (SSSR count). The monoisotopic (exact) mass is 477 g/mol. The Morgan fingerprint density at radius 2 is 1.97 bits per heavy atom. The fourth-order valence-corrected chi connectivity index (χ4v) is 5.29. The Hall–Kier alpha value is -3.01. The topological polar surface area (TPSA) is 82.0 Å². The van der Waals surface area contributed by atoms with Gasteiger partial charge >= 0.3 is 0 Å². The molecule has 33 heavy (non-hydrogen) atoms. The van der Waals surface area contributed by atoms with Crippen molar-refractivity contribution < 1.29 is 9.59 Å². The average Bonchev–Trinajstić information content (AvgIpc) is 2.79. The smallest absolute Gasteiger partial charge is 0.234 e. The lowest BCUT2D eigenvalue weighted by atomic mass is 9.77. The van der Waals surface area contributed by atoms with E-state index in [2.05, 4.69) is 16.7 Å². The second-order valence-corrected chi connectivity index (χ2v) is 9.71. The number of rotatable bonds is 5. The van der Waals surface area contributed by atoms with Crippen molar-refractivity contribution in [2.24, 2.45) is 0 Å². The summed E-state index contributed by atoms with van der Waals surface area (Å²) in [5, 5.41) is 17.5. The van der Waals surface area contributed by atoms with Crippen LogP contribution in [0, 0.1) is 25.2 Å². The quantitative estimate of drug-likeness (QED) is 0.572. The van der Waals surface area contributed by atoms with Crippen LogP contribution in [0.3, 0.4) is 0 Å². The van der Waals surface area contributed by atoms with Crippen molar-refractivity contribution >= 4 is 40.7 Å². The number of nitrogens with one attached hydrogen (secondary N) is 2. The van der Waals surface area contributed by atoms with E-state index in [4.69, 9.17) is 11.6 Å². The molecule has 1 aliphatic carbocycles. The Kier molecular flexibility index (Phi) is 6.92. The number of nitriles is 1. The van der Waals surface area contributed by atoms with Crippen molar-refractivity contribution in [3.63, 3.8) is 0 Å². The van der Waals surface area contributed by atoms with Crippen LogP contribution in [0.25, 0.3) is 0 Å². The summed E-state index contributed by atoms with van der Waals surface area (Å²) in [5.41, 5.74) is 5.72. The molecule has 0 saturated heterocycles. The normalized spacial score (nSPS) is 17.9. The summed E-state index contributed by atoms with van der Waals surface area (Å²) in [6.45, 7) is 3.97. The predicted octanol–water partition coefficient (Wildman–Crippen LogP) is 5.76. The van der Waals surface area contributed by atoms with Gasteiger partial charge in [0, 0.05) is 28.4 Å². The molecule has 1 heterocycles. The van der Waals surface area contributed by atoms with E-state index >= 15 is 0 Å². The molecule has 1 unspecified atom stereocenters. The van der Waals surface area contributed by atoms with Crippen LogP contribution >= 0.6 is 23.4 Å². The van der Waals surface area contributed by atoms with Crippen LogP contribution in [-0.2, 0) is 9.59 Å². The molecular formula is C26H24ClN3O2S. The zero-order chi connectivity index (χ0) is 23.5. The van der Waals surface area contributed by atoms with Gasteiger partial charge in [0.1, 0.15) is 0 Å². The highest BCUT2D eigenvalue weighted by atomic mass is 35.5. The zero-order valence-electron chi connectivity index (χ0n) is 18.5. The summed E-state index contributed by atoms with van der Waals surface area (Å²) in [4.78, 5) is 25.5. The largest absolute Gasteiger partial charge is 0.352 e. The maximum absolute atomic E-state index is 12.8. The number of halogens is 1. The molecule has 7 heteroatoms. The molecule has 0 saturated carbocycles. The fraction of sp³-hybridized carbons (Fsp3) is 0.269. The summed E-state index contributed by atoms with van der Waals surface area (Å²) >= 11 is 7.36. The van der Waals surface area contributed by atoms with Crippen LogP contribution in [0.5, 0.6) is 0 Å². The fourth-order valence-electron chi connectivity index (χ4n) is 4.30. The first kappa shape index (κ1) is 23.2. The van der Waals surface area contributed by atoms with E-state index in [-0.39, 0.29) is 17.4 Å². The molecule has 5 nitrogen and oxygen atoms in total. The highest BCUT2D eigenvalue weighted by molar-refractivity contribution is 8.03. The highest BCUT2D eigenvalue weighted by Gasteiger charge is 2.37. The minimum absolute atomic E-state index is 0.0630. The number of benzene rings is 2. The van der Waals surface area contributed by atoms with Gasteiger partial charge in [0.15, 0.2) is 5.78 Å². The van der Waals surface area contributed by atoms with Crippen LogP contribution < -0.4 is 10.6 Å². The van der Waals surface area contributed by atoms with Crippen LogP contribution in [0.15, 0.2) is 64.3 Å². The van der Waals surface area contributed by atoms with Crippen molar-refractivity contribution in [1.29, 1.82) is 5.26 Å². The van der Waals surface area contributed by atoms with Crippen LogP contribution in [0.2, 0.25) is 5.02 Å². The maximum Gasteiger partial charge on any atom is 0.234 e. The number of nitrogens with zero attached hydrogens (tertiary/aromatic N) is 1. The second-order valence-electron chi connectivity index (χ2n) is 8.29. The van der Waals surface area contributed by atoms with Gasteiger partial charge < -0.3 is 10.6 Å². The molecule has 2 aromatic rings. The molecule has 0 aromatic heterocycles. The lowest BCUT2D eigenvalue weighted by molar-refractivity contribution is -0.116. The highest BCUT2D eigenvalue weighted by Crippen LogP contribution is 2.44. The number of thioether (sulfide) groups is 1. The SMILES string of the molecule is Cc1ccc(NC(=O)CSC2=C(C#N)C(c3ccc(Cl)cc3)C3=C(CCCC3=O)N2)c(C)c1. The van der Waals surface area contributed by atoms with Crippen LogP contribution in [0.4, 0.5) is 5.69 Å². The van der Waals surface area contributed by atoms with Crippen LogP contribution in [0.1, 0.15) is 41.9 Å². The van der Waals surface area contributed by atoms with E-state index in [9.17, 15) is 14.9 Å². The Bertz CT molecular complexity index is 1230. The number of Topliss-reactive ketones (excluding diaryl/α,β-unsaturated/α-hetero) is 1. The molecule has 2 aromatic carbocycles. The molecule has 2 N–H and O–H groups in total. The number of amides is 1. The summed E-state index contributed by atoms with van der Waals surface area (Å²) in [7, 11) is 0. The third kappa shape index (κ3) is 5.00. The van der Waals surface area contributed by atoms with E-state index in [0.29, 0.717) is 27.6 Å². The Labute approximate surface area is 202 Å². The zero-order valence-corrected chi connectivity index (χ0v) is 20.1. The number of allylic oxidation sites excluding steroid dienone is 3. The maximum atomic E-state index is 12.8. The molecule has 168 valence electrons. The molecule has 1 amide bonds. The number of ketones is 1. The Morgan fingerprint density at radius 1 is 1.21 bits per heavy atom. The molecular weight excluding hydrogens is 454 g/mol. The van der Waals surface area contributed by atoms with Crippen LogP contribution in [-0.4, -0.2) is 17.4 Å². The number of anilines is 1. The summed E-state index contributed by atoms with van der Waals surface area (Å²) in [6, 6.07) is 15.4. The van der Waals surface area contributed by atoms with Gasteiger partial charge in [-0.1, -0.05) is 53.2 Å². The summed E-state index contributed by atoms with van der Waals surface area (Å²) < 4.78 is 0. The number of aryl methyl sites for hydroxylation is 2. The van der Waals surface area contributed by atoms with Crippen molar-refractivity contribution in [2.75, 3.05) is 11.1 Å². The third-order valence-electron chi connectivity index (χ3n) is 5.87. The van der Waals surface area contributed by atoms with Gasteiger partial charge in [-0.2, -0.15) is 5.26 Å². The van der Waals surface area contributed by atoms with E-state index < -0.39 is 5.92 Å². The average molecular weight is 478 g/mol. The second kappa shape index (κ2) is 9.86. The Morgan fingerprint density at radius 3 is 2.67 bits per heavy atom. The number of carbonyl (C=O) groups excluding carboxylic acids is 2. The van der Waals surface area contributed by atoms with Gasteiger partial charge in [-0.3, -0.25) is 9.59 Å². The number of hydrogen-bond donors (Lipinski definition) is 2. The molecule has 0 spiro atoms. The summed E-state index contributed by atoms with van der Waals surface area (Å²) in [6.07, 6.45) is 1.98. The van der Waals surface area contributed by atoms with Crippen molar-refractivity contribution in [3.05, 3.63) is 86.0 Å². The number of carbonyl (C=O) groups is 2. The molecule has 1 atom stereocenters. The van der Waals surface area contributed by atoms with E-state index in [0.717, 1.165) is 40.9 Å². The molecule has 1 aliphatic heterocycles. The minimum atomic E-state index is -0.457. The Balaban J connectivity index is 1.60. The van der Waals surface area contributed by atoms with Gasteiger partial charge in [-0.15, -0.1) is 0 Å². The first-order valence-corrected chi connectivity index (χ1v) is 12.2. The standard InChI is InChI=1S/C26H24ClN3O2S/c1-15-6-11-20(16(2)12-15)29-23(32)14-33-26-19(13-28)24(17-7-9-18(27)10-8-17)25-21(30-26)4-3-5-22(25)31/h6-12,24,30H,3-5,14H2,1-2H3,(H,29,32). The van der Waals surface area contributed by atoms with E-state index in [1.807, 2.05) is 44.2 Å². The molecule has 0 bridgehead atoms. The summed E-state index contributed by atoms with van der Waals surface area (Å²) in [5.74, 6) is -0.402. The molecule has 0 radical (unpaired) electrons. The van der Waals surface area contributed by atoms with Crippen molar-refractivity contribution in [3.8, 4) is 6.07 Å². The third-order valence-corrected chi connectivity index (χ3v) is 7.14. The lowest BCUT2D eigenvalue weighted by Gasteiger charge is -2.33. The van der Waals surface area contributed by atoms with Gasteiger partial charge in [0.25, 0.3) is 0 Å². The van der Waals surface area contributed by atoms with Gasteiger partial charge in [0.2, 0.25) is 5.91 Å². The number of hydrogen-bond acceptors (Lipinski definition) is 5. The first-order valence-electron chi connectivity index (χ1n) is 10.8. The first-order chi connectivity index (χ1) is 15.9. The molecule has 0 fully saturated rings. The minimum Gasteiger partial charge on any atom is -0.352 e. The lowest BCUT2D eigenvalue weighted by Crippen LogP contribution is -2.31. The van der Waals surface area contributed by atoms with Gasteiger partial charge in [0.05, 0.1) is 28.3 Å². The predicted molar refractivity (Wildman–Crippen MR) is 133 cm³/mol. The van der Waals surface area contributed by atoms with Gasteiger partial charge in [-0.25, -0.2) is 0 Å². The van der Waals surface area contributed by atoms with Gasteiger partial charge in [-0.05, 0) is 56.0 Å². The van der Waals surface area contributed by atoms with Crippen molar-refractivity contribution in [1.82, 2.24) is 5.32 Å². The van der Waals surface area contributed by atoms with E-state index in [1.54, 1.807) is 12.1 Å². The number of dihydropyridines is 1. The van der Waals surface area contributed by atoms with Crippen molar-refractivity contribution in [2.45, 2.75) is 39.0 Å². The van der Waals surface area contributed by atoms with E-state index in [1.165, 1.54) is 11.8 Å². The molecule has 2 aliphatic rings.